The number of rotatable bonds is 8. The van der Waals surface area contributed by atoms with Crippen LogP contribution in [0.4, 0.5) is 4.79 Å². The highest BCUT2D eigenvalue weighted by molar-refractivity contribution is 5.74. The summed E-state index contributed by atoms with van der Waals surface area (Å²) in [7, 11) is 0. The number of carbonyl (C=O) groups excluding carboxylic acids is 1. The van der Waals surface area contributed by atoms with Gasteiger partial charge in [-0.3, -0.25) is 0 Å². The van der Waals surface area contributed by atoms with E-state index in [1.807, 2.05) is 13.8 Å². The Morgan fingerprint density at radius 3 is 2.29 bits per heavy atom. The summed E-state index contributed by atoms with van der Waals surface area (Å²) in [6.45, 7) is 9.05. The number of hydrogen-bond donors (Lipinski definition) is 3. The molecule has 0 aliphatic rings. The first-order valence-corrected chi connectivity index (χ1v) is 6.68. The summed E-state index contributed by atoms with van der Waals surface area (Å²) >= 11 is 0. The average molecular weight is 244 g/mol. The van der Waals surface area contributed by atoms with Gasteiger partial charge in [0, 0.05) is 18.7 Å². The second-order valence-electron chi connectivity index (χ2n) is 4.91. The van der Waals surface area contributed by atoms with Gasteiger partial charge in [-0.25, -0.2) is 4.79 Å². The van der Waals surface area contributed by atoms with Crippen molar-refractivity contribution in [3.05, 3.63) is 0 Å². The minimum absolute atomic E-state index is 0.0944. The van der Waals surface area contributed by atoms with Gasteiger partial charge in [0.25, 0.3) is 0 Å². The quantitative estimate of drug-likeness (QED) is 0.613. The molecule has 1 unspecified atom stereocenters. The Kier molecular flexibility index (Phi) is 7.96. The van der Waals surface area contributed by atoms with Gasteiger partial charge in [0.2, 0.25) is 0 Å². The summed E-state index contributed by atoms with van der Waals surface area (Å²) in [5.74, 6) is 0.548. The first-order chi connectivity index (χ1) is 8.01. The normalized spacial score (nSPS) is 14.5. The molecule has 0 aromatic rings. The summed E-state index contributed by atoms with van der Waals surface area (Å²) in [6, 6.07) is -0.130. The van der Waals surface area contributed by atoms with Gasteiger partial charge in [0.1, 0.15) is 0 Å². The minimum Gasteiger partial charge on any atom is -0.396 e. The number of carbonyl (C=O) groups is 1. The third-order valence-electron chi connectivity index (χ3n) is 3.57. The summed E-state index contributed by atoms with van der Waals surface area (Å²) < 4.78 is 0. The van der Waals surface area contributed by atoms with Gasteiger partial charge in [-0.1, -0.05) is 33.6 Å². The van der Waals surface area contributed by atoms with E-state index in [1.54, 1.807) is 0 Å². The van der Waals surface area contributed by atoms with E-state index in [0.717, 1.165) is 25.8 Å². The molecule has 4 heteroatoms. The molecule has 1 atom stereocenters. The van der Waals surface area contributed by atoms with Gasteiger partial charge >= 0.3 is 6.03 Å². The molecular formula is C13H28N2O2. The Bertz CT molecular complexity index is 217. The van der Waals surface area contributed by atoms with E-state index >= 15 is 0 Å². The zero-order valence-electron chi connectivity index (χ0n) is 11.7. The second-order valence-corrected chi connectivity index (χ2v) is 4.91. The molecular weight excluding hydrogens is 216 g/mol. The lowest BCUT2D eigenvalue weighted by Gasteiger charge is -2.29. The van der Waals surface area contributed by atoms with E-state index in [-0.39, 0.29) is 18.2 Å². The van der Waals surface area contributed by atoms with Gasteiger partial charge in [-0.2, -0.15) is 0 Å². The number of nitrogens with one attached hydrogen (secondary N) is 2. The smallest absolute Gasteiger partial charge is 0.315 e. The second kappa shape index (κ2) is 8.34. The van der Waals surface area contributed by atoms with E-state index in [0.29, 0.717) is 12.3 Å². The molecule has 0 saturated carbocycles. The standard InChI is InChI=1S/C13H28N2O2/c1-5-11(6-2)10-14-12(17)15-13(4,7-3)8-9-16/h11,16H,5-10H2,1-4H3,(H2,14,15,17). The van der Waals surface area contributed by atoms with Gasteiger partial charge < -0.3 is 15.7 Å². The van der Waals surface area contributed by atoms with Crippen LogP contribution in [0, 0.1) is 5.92 Å². The number of amides is 2. The largest absolute Gasteiger partial charge is 0.396 e. The molecule has 0 aliphatic heterocycles. The van der Waals surface area contributed by atoms with E-state index < -0.39 is 0 Å². The Morgan fingerprint density at radius 1 is 1.29 bits per heavy atom. The Morgan fingerprint density at radius 2 is 1.88 bits per heavy atom. The molecule has 0 aliphatic carbocycles. The van der Waals surface area contributed by atoms with Gasteiger partial charge in [0.05, 0.1) is 0 Å². The van der Waals surface area contributed by atoms with Crippen LogP contribution in [0.5, 0.6) is 0 Å². The van der Waals surface area contributed by atoms with Crippen molar-refractivity contribution in [3.63, 3.8) is 0 Å². The highest BCUT2D eigenvalue weighted by atomic mass is 16.3. The van der Waals surface area contributed by atoms with Crippen LogP contribution in [0.25, 0.3) is 0 Å². The maximum absolute atomic E-state index is 11.7. The lowest BCUT2D eigenvalue weighted by Crippen LogP contribution is -2.51. The van der Waals surface area contributed by atoms with Crippen LogP contribution >= 0.6 is 0 Å². The fourth-order valence-corrected chi connectivity index (χ4v) is 1.71. The van der Waals surface area contributed by atoms with Crippen molar-refractivity contribution in [1.82, 2.24) is 10.6 Å². The molecule has 0 heterocycles. The maximum atomic E-state index is 11.7. The predicted molar refractivity (Wildman–Crippen MR) is 71.0 cm³/mol. The number of aliphatic hydroxyl groups excluding tert-OH is 1. The number of hydrogen-bond acceptors (Lipinski definition) is 2. The van der Waals surface area contributed by atoms with Crippen LogP contribution in [0.1, 0.15) is 53.4 Å². The van der Waals surface area contributed by atoms with Crippen molar-refractivity contribution in [2.24, 2.45) is 5.92 Å². The predicted octanol–water partition coefficient (Wildman–Crippen LogP) is 2.27. The third-order valence-corrected chi connectivity index (χ3v) is 3.57. The summed E-state index contributed by atoms with van der Waals surface area (Å²) in [5.41, 5.74) is -0.313. The Labute approximate surface area is 105 Å². The fourth-order valence-electron chi connectivity index (χ4n) is 1.71. The Balaban J connectivity index is 4.06. The average Bonchev–Trinajstić information content (AvgIpc) is 2.30. The molecule has 0 rings (SSSR count). The van der Waals surface area contributed by atoms with Crippen molar-refractivity contribution in [2.75, 3.05) is 13.2 Å². The molecule has 17 heavy (non-hydrogen) atoms. The molecule has 0 saturated heterocycles. The monoisotopic (exact) mass is 244 g/mol. The molecule has 0 bridgehead atoms. The van der Waals surface area contributed by atoms with Gasteiger partial charge in [-0.15, -0.1) is 0 Å². The first kappa shape index (κ1) is 16.2. The molecule has 0 aromatic heterocycles. The van der Waals surface area contributed by atoms with Gasteiger partial charge in [0.15, 0.2) is 0 Å². The zero-order valence-corrected chi connectivity index (χ0v) is 11.7. The van der Waals surface area contributed by atoms with Crippen LogP contribution in [0.15, 0.2) is 0 Å². The van der Waals surface area contributed by atoms with Crippen molar-refractivity contribution in [2.45, 2.75) is 58.9 Å². The van der Waals surface area contributed by atoms with E-state index in [2.05, 4.69) is 24.5 Å². The number of urea groups is 1. The fraction of sp³-hybridized carbons (Fsp3) is 0.923. The van der Waals surface area contributed by atoms with Crippen LogP contribution in [-0.2, 0) is 0 Å². The number of aliphatic hydroxyl groups is 1. The summed E-state index contributed by atoms with van der Waals surface area (Å²) in [6.07, 6.45) is 3.56. The van der Waals surface area contributed by atoms with Crippen molar-refractivity contribution >= 4 is 6.03 Å². The van der Waals surface area contributed by atoms with E-state index in [1.165, 1.54) is 0 Å². The molecule has 3 N–H and O–H groups in total. The third kappa shape index (κ3) is 6.51. The molecule has 0 radical (unpaired) electrons. The maximum Gasteiger partial charge on any atom is 0.315 e. The van der Waals surface area contributed by atoms with Crippen molar-refractivity contribution < 1.29 is 9.90 Å². The topological polar surface area (TPSA) is 61.4 Å². The first-order valence-electron chi connectivity index (χ1n) is 6.68. The van der Waals surface area contributed by atoms with Crippen molar-refractivity contribution in [1.29, 1.82) is 0 Å². The van der Waals surface area contributed by atoms with Gasteiger partial charge in [-0.05, 0) is 25.7 Å². The van der Waals surface area contributed by atoms with Crippen LogP contribution in [0.3, 0.4) is 0 Å². The molecule has 0 spiro atoms. The van der Waals surface area contributed by atoms with Crippen molar-refractivity contribution in [3.8, 4) is 0 Å². The molecule has 4 nitrogen and oxygen atoms in total. The SMILES string of the molecule is CCC(CC)CNC(=O)NC(C)(CC)CCO. The zero-order chi connectivity index (χ0) is 13.3. The molecule has 102 valence electrons. The lowest BCUT2D eigenvalue weighted by molar-refractivity contribution is 0.199. The minimum atomic E-state index is -0.313. The van der Waals surface area contributed by atoms with Crippen LogP contribution in [0.2, 0.25) is 0 Å². The Hall–Kier alpha value is -0.770. The highest BCUT2D eigenvalue weighted by Gasteiger charge is 2.23. The molecule has 0 fully saturated rings. The van der Waals surface area contributed by atoms with Crippen LogP contribution < -0.4 is 10.6 Å². The highest BCUT2D eigenvalue weighted by Crippen LogP contribution is 2.13. The summed E-state index contributed by atoms with van der Waals surface area (Å²) in [5, 5.41) is 14.8. The molecule has 2 amide bonds. The molecule has 0 aromatic carbocycles. The van der Waals surface area contributed by atoms with E-state index in [4.69, 9.17) is 5.11 Å². The summed E-state index contributed by atoms with van der Waals surface area (Å²) in [4.78, 5) is 11.7. The van der Waals surface area contributed by atoms with E-state index in [9.17, 15) is 4.79 Å². The lowest BCUT2D eigenvalue weighted by atomic mass is 9.95. The van der Waals surface area contributed by atoms with Crippen LogP contribution in [-0.4, -0.2) is 29.8 Å².